The van der Waals surface area contributed by atoms with Gasteiger partial charge in [0.25, 0.3) is 0 Å². The minimum atomic E-state index is -4.51. The fourth-order valence-electron chi connectivity index (χ4n) is 3.84. The Morgan fingerprint density at radius 1 is 1.18 bits per heavy atom. The van der Waals surface area contributed by atoms with E-state index in [4.69, 9.17) is 0 Å². The lowest BCUT2D eigenvalue weighted by molar-refractivity contribution is -0.137. The maximum Gasteiger partial charge on any atom is 0.419 e. The molecule has 0 saturated carbocycles. The van der Waals surface area contributed by atoms with E-state index in [-0.39, 0.29) is 31.4 Å². The quantitative estimate of drug-likeness (QED) is 0.753. The Bertz CT molecular complexity index is 894. The standard InChI is InChI=1S/C19H24F3N3O2S/c1-14-6-3-7-15(2)17(14)28(26,27)25-11-5-10-24(12-13-25)18-16(19(20,21)22)8-4-9-23-18/h3-4,6,8-9,15H,5,7,10-13H2,1-2H3. The van der Waals surface area contributed by atoms with Gasteiger partial charge in [0.05, 0.1) is 10.5 Å². The van der Waals surface area contributed by atoms with Gasteiger partial charge in [-0.3, -0.25) is 0 Å². The summed E-state index contributed by atoms with van der Waals surface area (Å²) < 4.78 is 67.8. The van der Waals surface area contributed by atoms with Crippen LogP contribution in [0.2, 0.25) is 0 Å². The number of nitrogens with zero attached hydrogens (tertiary/aromatic N) is 3. The van der Waals surface area contributed by atoms with Crippen LogP contribution in [-0.4, -0.2) is 43.9 Å². The fourth-order valence-corrected chi connectivity index (χ4v) is 5.89. The van der Waals surface area contributed by atoms with E-state index in [0.717, 1.165) is 11.6 Å². The van der Waals surface area contributed by atoms with Gasteiger partial charge in [0.1, 0.15) is 5.82 Å². The second-order valence-corrected chi connectivity index (χ2v) is 9.11. The highest BCUT2D eigenvalue weighted by Gasteiger charge is 2.37. The van der Waals surface area contributed by atoms with Gasteiger partial charge < -0.3 is 4.90 Å². The third-order valence-corrected chi connectivity index (χ3v) is 7.48. The van der Waals surface area contributed by atoms with Gasteiger partial charge in [-0.15, -0.1) is 0 Å². The van der Waals surface area contributed by atoms with Crippen molar-refractivity contribution in [2.45, 2.75) is 32.9 Å². The van der Waals surface area contributed by atoms with E-state index in [9.17, 15) is 21.6 Å². The van der Waals surface area contributed by atoms with Crippen molar-refractivity contribution in [3.63, 3.8) is 0 Å². The lowest BCUT2D eigenvalue weighted by atomic mass is 9.98. The Morgan fingerprint density at radius 2 is 1.93 bits per heavy atom. The summed E-state index contributed by atoms with van der Waals surface area (Å²) in [5.41, 5.74) is -0.0696. The number of anilines is 1. The molecule has 0 aromatic carbocycles. The summed E-state index contributed by atoms with van der Waals surface area (Å²) in [6, 6.07) is 2.26. The number of hydrogen-bond acceptors (Lipinski definition) is 4. The van der Waals surface area contributed by atoms with Crippen molar-refractivity contribution in [3.8, 4) is 0 Å². The van der Waals surface area contributed by atoms with Gasteiger partial charge in [0.15, 0.2) is 0 Å². The first-order valence-electron chi connectivity index (χ1n) is 9.27. The van der Waals surface area contributed by atoms with Gasteiger partial charge in [0.2, 0.25) is 10.0 Å². The number of rotatable bonds is 3. The molecule has 1 aromatic heterocycles. The normalized spacial score (nSPS) is 22.5. The van der Waals surface area contributed by atoms with Crippen LogP contribution >= 0.6 is 0 Å². The van der Waals surface area contributed by atoms with Crippen molar-refractivity contribution >= 4 is 15.8 Å². The molecule has 0 amide bonds. The lowest BCUT2D eigenvalue weighted by Crippen LogP contribution is -2.38. The second-order valence-electron chi connectivity index (χ2n) is 7.20. The molecule has 0 bridgehead atoms. The average Bonchev–Trinajstić information content (AvgIpc) is 2.87. The molecule has 1 aliphatic heterocycles. The fraction of sp³-hybridized carbons (Fsp3) is 0.526. The molecule has 0 spiro atoms. The summed E-state index contributed by atoms with van der Waals surface area (Å²) in [7, 11) is -3.66. The summed E-state index contributed by atoms with van der Waals surface area (Å²) in [6.45, 7) is 4.55. The first-order valence-corrected chi connectivity index (χ1v) is 10.7. The van der Waals surface area contributed by atoms with Crippen LogP contribution in [0.1, 0.15) is 32.3 Å². The molecule has 1 aromatic rings. The molecule has 154 valence electrons. The number of allylic oxidation sites excluding steroid dienone is 4. The molecule has 1 atom stereocenters. The summed E-state index contributed by atoms with van der Waals surface area (Å²) in [6.07, 6.45) is 1.70. The average molecular weight is 415 g/mol. The number of hydrogen-bond donors (Lipinski definition) is 0. The molecule has 2 heterocycles. The molecular formula is C19H24F3N3O2S. The van der Waals surface area contributed by atoms with Crippen LogP contribution < -0.4 is 4.90 Å². The van der Waals surface area contributed by atoms with Crippen LogP contribution in [0.5, 0.6) is 0 Å². The largest absolute Gasteiger partial charge is 0.419 e. The van der Waals surface area contributed by atoms with Gasteiger partial charge in [-0.2, -0.15) is 17.5 Å². The van der Waals surface area contributed by atoms with E-state index >= 15 is 0 Å². The van der Waals surface area contributed by atoms with Crippen LogP contribution in [0.4, 0.5) is 19.0 Å². The summed E-state index contributed by atoms with van der Waals surface area (Å²) in [5, 5.41) is 0. The third kappa shape index (κ3) is 4.10. The van der Waals surface area contributed by atoms with Crippen LogP contribution in [0.3, 0.4) is 0 Å². The summed E-state index contributed by atoms with van der Waals surface area (Å²) >= 11 is 0. The molecule has 1 unspecified atom stereocenters. The highest BCUT2D eigenvalue weighted by atomic mass is 32.2. The van der Waals surface area contributed by atoms with Gasteiger partial charge >= 0.3 is 6.18 Å². The highest BCUT2D eigenvalue weighted by molar-refractivity contribution is 7.93. The van der Waals surface area contributed by atoms with E-state index in [1.54, 1.807) is 6.92 Å². The molecule has 0 N–H and O–H groups in total. The van der Waals surface area contributed by atoms with Crippen molar-refractivity contribution in [2.24, 2.45) is 5.92 Å². The Balaban J connectivity index is 1.84. The number of halogens is 3. The molecule has 0 radical (unpaired) electrons. The first kappa shape index (κ1) is 20.9. The lowest BCUT2D eigenvalue weighted by Gasteiger charge is -2.28. The van der Waals surface area contributed by atoms with Crippen LogP contribution in [0, 0.1) is 5.92 Å². The maximum atomic E-state index is 13.3. The topological polar surface area (TPSA) is 53.5 Å². The predicted octanol–water partition coefficient (Wildman–Crippen LogP) is 3.81. The molecule has 9 heteroatoms. The van der Waals surface area contributed by atoms with Gasteiger partial charge in [0, 0.05) is 32.4 Å². The van der Waals surface area contributed by atoms with Crippen LogP contribution in [-0.2, 0) is 16.2 Å². The zero-order valence-corrected chi connectivity index (χ0v) is 16.7. The van der Waals surface area contributed by atoms with Crippen LogP contribution in [0.25, 0.3) is 0 Å². The monoisotopic (exact) mass is 415 g/mol. The second kappa shape index (κ2) is 7.87. The van der Waals surface area contributed by atoms with Crippen molar-refractivity contribution in [1.82, 2.24) is 9.29 Å². The molecule has 2 aliphatic rings. The van der Waals surface area contributed by atoms with Gasteiger partial charge in [-0.1, -0.05) is 19.1 Å². The van der Waals surface area contributed by atoms with Gasteiger partial charge in [-0.25, -0.2) is 13.4 Å². The molecule has 28 heavy (non-hydrogen) atoms. The molecular weight excluding hydrogens is 391 g/mol. The zero-order chi connectivity index (χ0) is 20.5. The van der Waals surface area contributed by atoms with E-state index in [1.165, 1.54) is 21.5 Å². The van der Waals surface area contributed by atoms with E-state index in [2.05, 4.69) is 4.98 Å². The first-order chi connectivity index (χ1) is 13.1. The molecule has 1 saturated heterocycles. The van der Waals surface area contributed by atoms with Crippen LogP contribution in [0.15, 0.2) is 41.0 Å². The van der Waals surface area contributed by atoms with Crippen molar-refractivity contribution in [1.29, 1.82) is 0 Å². The predicted molar refractivity (Wildman–Crippen MR) is 102 cm³/mol. The number of sulfonamides is 1. The van der Waals surface area contributed by atoms with Crippen molar-refractivity contribution in [3.05, 3.63) is 46.5 Å². The summed E-state index contributed by atoms with van der Waals surface area (Å²) in [5.74, 6) is -0.249. The van der Waals surface area contributed by atoms with Crippen molar-refractivity contribution < 1.29 is 21.6 Å². The number of pyridine rings is 1. The summed E-state index contributed by atoms with van der Waals surface area (Å²) in [4.78, 5) is 5.88. The van der Waals surface area contributed by atoms with E-state index in [0.29, 0.717) is 24.3 Å². The third-order valence-electron chi connectivity index (χ3n) is 5.16. The smallest absolute Gasteiger partial charge is 0.355 e. The van der Waals surface area contributed by atoms with E-state index in [1.807, 2.05) is 19.1 Å². The Kier molecular flexibility index (Phi) is 5.86. The zero-order valence-electron chi connectivity index (χ0n) is 15.9. The SMILES string of the molecule is CC1=C(S(=O)(=O)N2CCCN(c3ncccc3C(F)(F)F)CC2)C(C)CC=C1. The molecule has 3 rings (SSSR count). The minimum Gasteiger partial charge on any atom is -0.355 e. The van der Waals surface area contributed by atoms with Crippen molar-refractivity contribution in [2.75, 3.05) is 31.1 Å². The minimum absolute atomic E-state index is 0.109. The highest BCUT2D eigenvalue weighted by Crippen LogP contribution is 2.36. The Morgan fingerprint density at radius 3 is 2.61 bits per heavy atom. The molecule has 1 fully saturated rings. The van der Waals surface area contributed by atoms with E-state index < -0.39 is 21.8 Å². The molecule has 5 nitrogen and oxygen atoms in total. The number of alkyl halides is 3. The van der Waals surface area contributed by atoms with Gasteiger partial charge in [-0.05, 0) is 43.4 Å². The molecule has 1 aliphatic carbocycles. The Labute approximate surface area is 163 Å². The maximum absolute atomic E-state index is 13.3. The Hall–Kier alpha value is -1.87. The number of aromatic nitrogens is 1.